The summed E-state index contributed by atoms with van der Waals surface area (Å²) in [5, 5.41) is 0.881. The minimum Gasteiger partial charge on any atom is -0.494 e. The van der Waals surface area contributed by atoms with Crippen LogP contribution in [0.5, 0.6) is 5.75 Å². The fourth-order valence-corrected chi connectivity index (χ4v) is 2.42. The van der Waals surface area contributed by atoms with Crippen LogP contribution in [-0.2, 0) is 5.33 Å². The van der Waals surface area contributed by atoms with Crippen LogP contribution in [0, 0.1) is 3.57 Å². The predicted octanol–water partition coefficient (Wildman–Crippen LogP) is 3.58. The first kappa shape index (κ1) is 10.3. The topological polar surface area (TPSA) is 9.23 Å². The number of alkyl halides is 1. The van der Waals surface area contributed by atoms with Crippen molar-refractivity contribution in [2.45, 2.75) is 12.3 Å². The van der Waals surface area contributed by atoms with Crippen LogP contribution in [-0.4, -0.2) is 6.61 Å². The Morgan fingerprint density at radius 3 is 2.83 bits per heavy atom. The average molecular weight is 341 g/mol. The van der Waals surface area contributed by atoms with E-state index in [4.69, 9.17) is 4.74 Å². The third-order valence-electron chi connectivity index (χ3n) is 1.47. The molecule has 0 radical (unpaired) electrons. The molecule has 1 rings (SSSR count). The maximum atomic E-state index is 5.38. The van der Waals surface area contributed by atoms with Gasteiger partial charge in [-0.15, -0.1) is 0 Å². The van der Waals surface area contributed by atoms with E-state index in [1.54, 1.807) is 0 Å². The number of rotatable bonds is 3. The van der Waals surface area contributed by atoms with Crippen LogP contribution >= 0.6 is 38.5 Å². The molecule has 0 heterocycles. The van der Waals surface area contributed by atoms with Crippen LogP contribution < -0.4 is 4.74 Å². The SMILES string of the molecule is CCOc1ccc(I)c(CBr)c1. The van der Waals surface area contributed by atoms with Gasteiger partial charge in [-0.1, -0.05) is 15.9 Å². The van der Waals surface area contributed by atoms with Gasteiger partial charge in [0.1, 0.15) is 5.75 Å². The van der Waals surface area contributed by atoms with Crippen molar-refractivity contribution in [3.63, 3.8) is 0 Å². The van der Waals surface area contributed by atoms with E-state index in [0.717, 1.165) is 17.7 Å². The highest BCUT2D eigenvalue weighted by Gasteiger charge is 1.99. The lowest BCUT2D eigenvalue weighted by atomic mass is 10.2. The number of hydrogen-bond donors (Lipinski definition) is 0. The second kappa shape index (κ2) is 5.07. The second-order valence-electron chi connectivity index (χ2n) is 2.32. The zero-order valence-corrected chi connectivity index (χ0v) is 10.6. The molecule has 0 spiro atoms. The van der Waals surface area contributed by atoms with Gasteiger partial charge < -0.3 is 4.74 Å². The van der Waals surface area contributed by atoms with Crippen molar-refractivity contribution in [1.29, 1.82) is 0 Å². The van der Waals surface area contributed by atoms with E-state index >= 15 is 0 Å². The fourth-order valence-electron chi connectivity index (χ4n) is 0.910. The Morgan fingerprint density at radius 1 is 1.50 bits per heavy atom. The monoisotopic (exact) mass is 340 g/mol. The van der Waals surface area contributed by atoms with Crippen LogP contribution in [0.4, 0.5) is 0 Å². The lowest BCUT2D eigenvalue weighted by molar-refractivity contribution is 0.340. The molecular formula is C9H10BrIO. The van der Waals surface area contributed by atoms with Crippen molar-refractivity contribution in [3.05, 3.63) is 27.3 Å². The van der Waals surface area contributed by atoms with Gasteiger partial charge in [-0.05, 0) is 53.3 Å². The van der Waals surface area contributed by atoms with E-state index < -0.39 is 0 Å². The van der Waals surface area contributed by atoms with Crippen LogP contribution in [0.2, 0.25) is 0 Å². The summed E-state index contributed by atoms with van der Waals surface area (Å²) < 4.78 is 6.65. The maximum Gasteiger partial charge on any atom is 0.119 e. The summed E-state index contributed by atoms with van der Waals surface area (Å²) in [6.07, 6.45) is 0. The summed E-state index contributed by atoms with van der Waals surface area (Å²) >= 11 is 5.75. The normalized spacial score (nSPS) is 9.92. The van der Waals surface area contributed by atoms with Gasteiger partial charge in [-0.25, -0.2) is 0 Å². The van der Waals surface area contributed by atoms with Crippen molar-refractivity contribution in [2.24, 2.45) is 0 Å². The molecule has 66 valence electrons. The smallest absolute Gasteiger partial charge is 0.119 e. The molecule has 0 N–H and O–H groups in total. The number of benzene rings is 1. The summed E-state index contributed by atoms with van der Waals surface area (Å²) in [4.78, 5) is 0. The Morgan fingerprint density at radius 2 is 2.25 bits per heavy atom. The molecule has 0 aromatic heterocycles. The largest absolute Gasteiger partial charge is 0.494 e. The number of hydrogen-bond acceptors (Lipinski definition) is 1. The van der Waals surface area contributed by atoms with Crippen molar-refractivity contribution in [2.75, 3.05) is 6.61 Å². The predicted molar refractivity (Wildman–Crippen MR) is 63.0 cm³/mol. The second-order valence-corrected chi connectivity index (χ2v) is 4.04. The zero-order chi connectivity index (χ0) is 8.97. The first-order valence-corrected chi connectivity index (χ1v) is 5.95. The van der Waals surface area contributed by atoms with Crippen LogP contribution in [0.15, 0.2) is 18.2 Å². The Bertz CT molecular complexity index is 263. The van der Waals surface area contributed by atoms with Gasteiger partial charge in [-0.2, -0.15) is 0 Å². The molecule has 0 fully saturated rings. The molecule has 0 aliphatic heterocycles. The summed E-state index contributed by atoms with van der Waals surface area (Å²) in [6, 6.07) is 6.14. The molecule has 0 aliphatic carbocycles. The summed E-state index contributed by atoms with van der Waals surface area (Å²) in [6.45, 7) is 2.72. The van der Waals surface area contributed by atoms with E-state index in [9.17, 15) is 0 Å². The summed E-state index contributed by atoms with van der Waals surface area (Å²) in [5.41, 5.74) is 1.28. The molecule has 0 bridgehead atoms. The number of ether oxygens (including phenoxy) is 1. The van der Waals surface area contributed by atoms with Crippen LogP contribution in [0.3, 0.4) is 0 Å². The highest BCUT2D eigenvalue weighted by Crippen LogP contribution is 2.21. The van der Waals surface area contributed by atoms with E-state index in [2.05, 4.69) is 50.7 Å². The van der Waals surface area contributed by atoms with Gasteiger partial charge in [0.15, 0.2) is 0 Å². The van der Waals surface area contributed by atoms with Gasteiger partial charge in [-0.3, -0.25) is 0 Å². The molecule has 0 amide bonds. The zero-order valence-electron chi connectivity index (χ0n) is 6.81. The third kappa shape index (κ3) is 2.62. The quantitative estimate of drug-likeness (QED) is 0.603. The van der Waals surface area contributed by atoms with E-state index in [0.29, 0.717) is 0 Å². The highest BCUT2D eigenvalue weighted by molar-refractivity contribution is 14.1. The molecular weight excluding hydrogens is 331 g/mol. The summed E-state index contributed by atoms with van der Waals surface area (Å²) in [7, 11) is 0. The third-order valence-corrected chi connectivity index (χ3v) is 3.13. The molecule has 12 heavy (non-hydrogen) atoms. The Hall–Kier alpha value is 0.230. The lowest BCUT2D eigenvalue weighted by Gasteiger charge is -2.05. The van der Waals surface area contributed by atoms with Gasteiger partial charge in [0.2, 0.25) is 0 Å². The first-order valence-electron chi connectivity index (χ1n) is 3.75. The minimum absolute atomic E-state index is 0.725. The molecule has 0 aliphatic rings. The fraction of sp³-hybridized carbons (Fsp3) is 0.333. The molecule has 0 saturated heterocycles. The molecule has 1 aromatic carbocycles. The Labute approximate surface area is 94.8 Å². The molecule has 3 heteroatoms. The van der Waals surface area contributed by atoms with Gasteiger partial charge in [0, 0.05) is 8.90 Å². The van der Waals surface area contributed by atoms with E-state index in [1.165, 1.54) is 9.13 Å². The van der Waals surface area contributed by atoms with Gasteiger partial charge in [0.05, 0.1) is 6.61 Å². The van der Waals surface area contributed by atoms with E-state index in [1.807, 2.05) is 13.0 Å². The molecule has 0 saturated carbocycles. The van der Waals surface area contributed by atoms with E-state index in [-0.39, 0.29) is 0 Å². The van der Waals surface area contributed by atoms with Crippen molar-refractivity contribution >= 4 is 38.5 Å². The van der Waals surface area contributed by atoms with Crippen LogP contribution in [0.25, 0.3) is 0 Å². The average Bonchev–Trinajstić information content (AvgIpc) is 2.09. The maximum absolute atomic E-state index is 5.38. The molecule has 0 atom stereocenters. The lowest BCUT2D eigenvalue weighted by Crippen LogP contribution is -1.93. The highest BCUT2D eigenvalue weighted by atomic mass is 127. The Balaban J connectivity index is 2.89. The van der Waals surface area contributed by atoms with Gasteiger partial charge in [0.25, 0.3) is 0 Å². The molecule has 1 aromatic rings. The standard InChI is InChI=1S/C9H10BrIO/c1-2-12-8-3-4-9(11)7(5-8)6-10/h3-5H,2,6H2,1H3. The van der Waals surface area contributed by atoms with Crippen molar-refractivity contribution < 1.29 is 4.74 Å². The number of halogens is 2. The molecule has 0 unspecified atom stereocenters. The van der Waals surface area contributed by atoms with Crippen molar-refractivity contribution in [3.8, 4) is 5.75 Å². The molecule has 1 nitrogen and oxygen atoms in total. The van der Waals surface area contributed by atoms with Crippen molar-refractivity contribution in [1.82, 2.24) is 0 Å². The Kier molecular flexibility index (Phi) is 4.35. The van der Waals surface area contributed by atoms with Crippen LogP contribution in [0.1, 0.15) is 12.5 Å². The summed E-state index contributed by atoms with van der Waals surface area (Å²) in [5.74, 6) is 0.951. The van der Waals surface area contributed by atoms with Gasteiger partial charge >= 0.3 is 0 Å². The minimum atomic E-state index is 0.725. The first-order chi connectivity index (χ1) is 5.77.